The lowest BCUT2D eigenvalue weighted by Gasteiger charge is -2.38. The third-order valence-corrected chi connectivity index (χ3v) is 5.42. The first-order valence-electron chi connectivity index (χ1n) is 10.8. The van der Waals surface area contributed by atoms with Crippen LogP contribution in [0.25, 0.3) is 0 Å². The third kappa shape index (κ3) is 5.64. The molecule has 1 aliphatic heterocycles. The molecular formula is C25H33N3O3. The van der Waals surface area contributed by atoms with Gasteiger partial charge in [-0.15, -0.1) is 0 Å². The average Bonchev–Trinajstić information content (AvgIpc) is 2.65. The zero-order valence-electron chi connectivity index (χ0n) is 19.0. The van der Waals surface area contributed by atoms with Crippen molar-refractivity contribution < 1.29 is 14.3 Å². The summed E-state index contributed by atoms with van der Waals surface area (Å²) in [6.45, 7) is 10.5. The summed E-state index contributed by atoms with van der Waals surface area (Å²) in [5, 5.41) is 3.00. The molecule has 1 aliphatic rings. The lowest BCUT2D eigenvalue weighted by Crippen LogP contribution is -2.55. The fourth-order valence-corrected chi connectivity index (χ4v) is 3.50. The van der Waals surface area contributed by atoms with Crippen molar-refractivity contribution in [2.75, 3.05) is 18.4 Å². The number of amides is 2. The molecule has 1 fully saturated rings. The molecule has 1 saturated heterocycles. The quantitative estimate of drug-likeness (QED) is 0.732. The first-order valence-corrected chi connectivity index (χ1v) is 10.8. The molecule has 0 aliphatic carbocycles. The molecule has 31 heavy (non-hydrogen) atoms. The maximum absolute atomic E-state index is 12.7. The van der Waals surface area contributed by atoms with Crippen LogP contribution in [0.2, 0.25) is 0 Å². The van der Waals surface area contributed by atoms with Gasteiger partial charge in [0.25, 0.3) is 0 Å². The van der Waals surface area contributed by atoms with Crippen molar-refractivity contribution in [1.82, 2.24) is 4.90 Å². The number of para-hydroxylation sites is 1. The molecule has 6 nitrogen and oxygen atoms in total. The first-order chi connectivity index (χ1) is 14.5. The highest BCUT2D eigenvalue weighted by atomic mass is 16.6. The van der Waals surface area contributed by atoms with E-state index < -0.39 is 5.60 Å². The van der Waals surface area contributed by atoms with E-state index in [9.17, 15) is 9.59 Å². The Morgan fingerprint density at radius 2 is 1.61 bits per heavy atom. The van der Waals surface area contributed by atoms with E-state index >= 15 is 0 Å². The highest BCUT2D eigenvalue weighted by Crippen LogP contribution is 2.29. The van der Waals surface area contributed by atoms with Gasteiger partial charge in [-0.1, -0.05) is 56.3 Å². The van der Waals surface area contributed by atoms with E-state index in [1.54, 1.807) is 4.90 Å². The number of benzene rings is 2. The van der Waals surface area contributed by atoms with Gasteiger partial charge in [-0.05, 0) is 49.4 Å². The Bertz CT molecular complexity index is 926. The van der Waals surface area contributed by atoms with Crippen molar-refractivity contribution in [3.8, 4) is 0 Å². The van der Waals surface area contributed by atoms with Crippen LogP contribution in [0.1, 0.15) is 63.3 Å². The van der Waals surface area contributed by atoms with Crippen molar-refractivity contribution in [2.24, 2.45) is 11.7 Å². The van der Waals surface area contributed by atoms with Gasteiger partial charge in [0.1, 0.15) is 5.60 Å². The second kappa shape index (κ2) is 9.10. The molecule has 0 saturated carbocycles. The minimum Gasteiger partial charge on any atom is -0.444 e. The van der Waals surface area contributed by atoms with Crippen LogP contribution in [-0.4, -0.2) is 35.6 Å². The Kier molecular flexibility index (Phi) is 6.70. The molecule has 166 valence electrons. The molecule has 1 unspecified atom stereocenters. The summed E-state index contributed by atoms with van der Waals surface area (Å²) in [4.78, 5) is 26.4. The Hall–Kier alpha value is -2.86. The standard InChI is InChI=1S/C25H33N3O3/c1-16(2)17-10-12-18(13-11-17)22(26)20-8-6-7-9-21(20)27-23(29)19-14-28(15-19)24(30)31-25(3,4)5/h6-13,16,19,22H,14-15,26H2,1-5H3,(H,27,29). The second-order valence-electron chi connectivity index (χ2n) is 9.46. The van der Waals surface area contributed by atoms with Gasteiger partial charge in [0.15, 0.2) is 0 Å². The van der Waals surface area contributed by atoms with Crippen LogP contribution >= 0.6 is 0 Å². The summed E-state index contributed by atoms with van der Waals surface area (Å²) in [5.74, 6) is 0.0799. The number of carbonyl (C=O) groups is 2. The summed E-state index contributed by atoms with van der Waals surface area (Å²) >= 11 is 0. The van der Waals surface area contributed by atoms with Crippen LogP contribution in [0.4, 0.5) is 10.5 Å². The van der Waals surface area contributed by atoms with Gasteiger partial charge < -0.3 is 20.7 Å². The molecule has 0 bridgehead atoms. The molecule has 2 amide bonds. The normalized spacial score (nSPS) is 15.4. The number of hydrogen-bond donors (Lipinski definition) is 2. The summed E-state index contributed by atoms with van der Waals surface area (Å²) in [6, 6.07) is 15.5. The zero-order chi connectivity index (χ0) is 22.8. The number of carbonyl (C=O) groups excluding carboxylic acids is 2. The second-order valence-corrected chi connectivity index (χ2v) is 9.46. The van der Waals surface area contributed by atoms with Gasteiger partial charge in [-0.2, -0.15) is 0 Å². The van der Waals surface area contributed by atoms with E-state index in [1.165, 1.54) is 5.56 Å². The Labute approximate surface area is 184 Å². The topological polar surface area (TPSA) is 84.7 Å². The summed E-state index contributed by atoms with van der Waals surface area (Å²) in [7, 11) is 0. The fourth-order valence-electron chi connectivity index (χ4n) is 3.50. The summed E-state index contributed by atoms with van der Waals surface area (Å²) < 4.78 is 5.35. The van der Waals surface area contributed by atoms with Crippen molar-refractivity contribution in [2.45, 2.75) is 52.2 Å². The smallest absolute Gasteiger partial charge is 0.410 e. The molecule has 6 heteroatoms. The van der Waals surface area contributed by atoms with Crippen molar-refractivity contribution in [1.29, 1.82) is 0 Å². The lowest BCUT2D eigenvalue weighted by atomic mass is 9.94. The summed E-state index contributed by atoms with van der Waals surface area (Å²) in [6.07, 6.45) is -0.385. The van der Waals surface area contributed by atoms with E-state index in [4.69, 9.17) is 10.5 Å². The van der Waals surface area contributed by atoms with Gasteiger partial charge in [0, 0.05) is 18.8 Å². The van der Waals surface area contributed by atoms with Gasteiger partial charge in [0.2, 0.25) is 5.91 Å². The minimum atomic E-state index is -0.549. The number of nitrogens with two attached hydrogens (primary N) is 1. The maximum Gasteiger partial charge on any atom is 0.410 e. The van der Waals surface area contributed by atoms with Gasteiger partial charge in [-0.3, -0.25) is 4.79 Å². The molecule has 3 rings (SSSR count). The van der Waals surface area contributed by atoms with Crippen LogP contribution in [0, 0.1) is 5.92 Å². The van der Waals surface area contributed by atoms with Gasteiger partial charge in [0.05, 0.1) is 12.0 Å². The van der Waals surface area contributed by atoms with Gasteiger partial charge >= 0.3 is 6.09 Å². The van der Waals surface area contributed by atoms with Crippen LogP contribution in [0.15, 0.2) is 48.5 Å². The fraction of sp³-hybridized carbons (Fsp3) is 0.440. The molecule has 0 aromatic heterocycles. The number of nitrogens with zero attached hydrogens (tertiary/aromatic N) is 1. The average molecular weight is 424 g/mol. The highest BCUT2D eigenvalue weighted by molar-refractivity contribution is 5.95. The Morgan fingerprint density at radius 3 is 2.19 bits per heavy atom. The van der Waals surface area contributed by atoms with E-state index in [1.807, 2.05) is 57.2 Å². The first kappa shape index (κ1) is 22.8. The molecule has 1 heterocycles. The molecule has 0 spiro atoms. The predicted octanol–water partition coefficient (Wildman–Crippen LogP) is 4.66. The van der Waals surface area contributed by atoms with E-state index in [0.29, 0.717) is 24.7 Å². The number of likely N-dealkylation sites (tertiary alicyclic amines) is 1. The van der Waals surface area contributed by atoms with Crippen LogP contribution in [0.5, 0.6) is 0 Å². The van der Waals surface area contributed by atoms with E-state index in [-0.39, 0.29) is 24.0 Å². The largest absolute Gasteiger partial charge is 0.444 e. The molecule has 1 atom stereocenters. The predicted molar refractivity (Wildman–Crippen MR) is 123 cm³/mol. The van der Waals surface area contributed by atoms with Gasteiger partial charge in [-0.25, -0.2) is 4.79 Å². The lowest BCUT2D eigenvalue weighted by molar-refractivity contribution is -0.124. The number of hydrogen-bond acceptors (Lipinski definition) is 4. The van der Waals surface area contributed by atoms with Crippen molar-refractivity contribution >= 4 is 17.7 Å². The molecule has 0 radical (unpaired) electrons. The monoisotopic (exact) mass is 423 g/mol. The van der Waals surface area contributed by atoms with E-state index in [0.717, 1.165) is 11.1 Å². The van der Waals surface area contributed by atoms with Crippen molar-refractivity contribution in [3.05, 3.63) is 65.2 Å². The molecule has 2 aromatic carbocycles. The van der Waals surface area contributed by atoms with E-state index in [2.05, 4.69) is 31.3 Å². The molecule has 3 N–H and O–H groups in total. The van der Waals surface area contributed by atoms with Crippen LogP contribution < -0.4 is 11.1 Å². The number of nitrogens with one attached hydrogen (secondary N) is 1. The SMILES string of the molecule is CC(C)c1ccc(C(N)c2ccccc2NC(=O)C2CN(C(=O)OC(C)(C)C)C2)cc1. The number of anilines is 1. The zero-order valence-corrected chi connectivity index (χ0v) is 19.0. The highest BCUT2D eigenvalue weighted by Gasteiger charge is 2.38. The van der Waals surface area contributed by atoms with Crippen LogP contribution in [-0.2, 0) is 9.53 Å². The Balaban J connectivity index is 1.64. The number of ether oxygens (including phenoxy) is 1. The van der Waals surface area contributed by atoms with Crippen molar-refractivity contribution in [3.63, 3.8) is 0 Å². The Morgan fingerprint density at radius 1 is 1.03 bits per heavy atom. The third-order valence-electron chi connectivity index (χ3n) is 5.42. The maximum atomic E-state index is 12.7. The van der Waals surface area contributed by atoms with Crippen LogP contribution in [0.3, 0.4) is 0 Å². The summed E-state index contributed by atoms with van der Waals surface area (Å²) in [5.41, 5.74) is 9.80. The molecule has 2 aromatic rings. The number of rotatable bonds is 5. The minimum absolute atomic E-state index is 0.116. The molecular weight excluding hydrogens is 390 g/mol.